The van der Waals surface area contributed by atoms with Gasteiger partial charge in [-0.15, -0.1) is 0 Å². The summed E-state index contributed by atoms with van der Waals surface area (Å²) in [6.45, 7) is 0.600. The molecule has 2 heterocycles. The van der Waals surface area contributed by atoms with Crippen molar-refractivity contribution in [2.24, 2.45) is 0 Å². The van der Waals surface area contributed by atoms with Gasteiger partial charge in [0.1, 0.15) is 11.5 Å². The average molecular weight is 558 g/mol. The first-order valence-corrected chi connectivity index (χ1v) is 14.9. The normalized spacial score (nSPS) is 17.9. The number of hydrogen-bond donors (Lipinski definition) is 1. The van der Waals surface area contributed by atoms with Gasteiger partial charge < -0.3 is 14.8 Å². The minimum atomic E-state index is -4.00. The zero-order chi connectivity index (χ0) is 26.9. The van der Waals surface area contributed by atoms with E-state index in [1.54, 1.807) is 42.5 Å². The van der Waals surface area contributed by atoms with Crippen LogP contribution in [0.2, 0.25) is 0 Å². The van der Waals surface area contributed by atoms with Crippen LogP contribution in [0, 0.1) is 0 Å². The lowest BCUT2D eigenvalue weighted by atomic mass is 10.2. The highest BCUT2D eigenvalue weighted by atomic mass is 32.2. The van der Waals surface area contributed by atoms with Gasteiger partial charge >= 0.3 is 0 Å². The van der Waals surface area contributed by atoms with Crippen molar-refractivity contribution in [3.05, 3.63) is 72.8 Å². The molecular formula is C26H27N3O7S2. The van der Waals surface area contributed by atoms with Crippen LogP contribution in [0.3, 0.4) is 0 Å². The molecule has 0 unspecified atom stereocenters. The van der Waals surface area contributed by atoms with E-state index >= 15 is 0 Å². The summed E-state index contributed by atoms with van der Waals surface area (Å²) in [6.07, 6.45) is 0.371. The first-order valence-electron chi connectivity index (χ1n) is 12.0. The Balaban J connectivity index is 1.45. The van der Waals surface area contributed by atoms with E-state index in [1.807, 2.05) is 0 Å². The summed E-state index contributed by atoms with van der Waals surface area (Å²) >= 11 is 0. The second-order valence-corrected chi connectivity index (χ2v) is 12.7. The highest BCUT2D eigenvalue weighted by Gasteiger charge is 2.38. The number of amides is 1. The molecule has 3 aromatic carbocycles. The minimum absolute atomic E-state index is 0.0266. The molecule has 5 rings (SSSR count). The summed E-state index contributed by atoms with van der Waals surface area (Å²) in [4.78, 5) is 13.5. The Hall–Kier alpha value is -3.61. The van der Waals surface area contributed by atoms with Crippen molar-refractivity contribution in [3.8, 4) is 11.5 Å². The summed E-state index contributed by atoms with van der Waals surface area (Å²) in [5, 5.41) is 2.68. The molecule has 0 spiro atoms. The van der Waals surface area contributed by atoms with Crippen LogP contribution in [0.5, 0.6) is 11.5 Å². The fraction of sp³-hybridized carbons (Fsp3) is 0.269. The van der Waals surface area contributed by atoms with Crippen molar-refractivity contribution in [2.45, 2.75) is 28.7 Å². The van der Waals surface area contributed by atoms with E-state index < -0.39 is 32.1 Å². The highest BCUT2D eigenvalue weighted by Crippen LogP contribution is 2.37. The monoisotopic (exact) mass is 557 g/mol. The van der Waals surface area contributed by atoms with E-state index in [-0.39, 0.29) is 33.5 Å². The molecule has 2 aliphatic heterocycles. The SMILES string of the molecule is COc1ccc(S(=O)(=O)N2CCCC2)cc1NC(=O)[C@@H]1CN(S(=O)(=O)c2ccccc2)c2ccccc2O1. The summed E-state index contributed by atoms with van der Waals surface area (Å²) in [5.41, 5.74) is 0.453. The molecule has 1 amide bonds. The lowest BCUT2D eigenvalue weighted by Crippen LogP contribution is -2.48. The fourth-order valence-corrected chi connectivity index (χ4v) is 7.56. The maximum absolute atomic E-state index is 13.5. The number of rotatable bonds is 7. The topological polar surface area (TPSA) is 122 Å². The number of nitrogens with zero attached hydrogens (tertiary/aromatic N) is 2. The minimum Gasteiger partial charge on any atom is -0.495 e. The number of fused-ring (bicyclic) bond motifs is 1. The third-order valence-electron chi connectivity index (χ3n) is 6.49. The number of methoxy groups -OCH3 is 1. The van der Waals surface area contributed by atoms with E-state index in [4.69, 9.17) is 9.47 Å². The van der Waals surface area contributed by atoms with E-state index in [1.165, 1.54) is 41.7 Å². The Bertz CT molecular complexity index is 1550. The van der Waals surface area contributed by atoms with Gasteiger partial charge in [0.05, 0.1) is 34.8 Å². The molecule has 1 atom stereocenters. The largest absolute Gasteiger partial charge is 0.495 e. The zero-order valence-corrected chi connectivity index (χ0v) is 22.2. The first kappa shape index (κ1) is 26.0. The Morgan fingerprint density at radius 2 is 1.58 bits per heavy atom. The lowest BCUT2D eigenvalue weighted by molar-refractivity contribution is -0.122. The number of benzene rings is 3. The molecule has 3 aromatic rings. The number of carbonyl (C=O) groups is 1. The van der Waals surface area contributed by atoms with Crippen LogP contribution in [-0.2, 0) is 24.8 Å². The summed E-state index contributed by atoms with van der Waals surface area (Å²) < 4.78 is 67.0. The standard InChI is InChI=1S/C26H27N3O7S2/c1-35-23-14-13-20(37(31,32)28-15-7-8-16-28)17-21(23)27-26(30)25-18-29(22-11-5-6-12-24(22)36-25)38(33,34)19-9-3-2-4-10-19/h2-6,9-14,17,25H,7-8,15-16,18H2,1H3,(H,27,30)/t25-/m0/s1. The number of ether oxygens (including phenoxy) is 2. The third-order valence-corrected chi connectivity index (χ3v) is 10.2. The molecule has 0 radical (unpaired) electrons. The molecule has 0 aromatic heterocycles. The van der Waals surface area contributed by atoms with Crippen LogP contribution in [-0.4, -0.2) is 59.9 Å². The molecule has 1 fully saturated rings. The molecule has 0 bridgehead atoms. The van der Waals surface area contributed by atoms with Gasteiger partial charge in [0.25, 0.3) is 15.9 Å². The number of anilines is 2. The zero-order valence-electron chi connectivity index (χ0n) is 20.6. The van der Waals surface area contributed by atoms with Crippen molar-refractivity contribution in [2.75, 3.05) is 36.4 Å². The molecule has 200 valence electrons. The Morgan fingerprint density at radius 3 is 2.29 bits per heavy atom. The molecule has 1 N–H and O–H groups in total. The molecule has 1 saturated heterocycles. The molecule has 0 aliphatic carbocycles. The smallest absolute Gasteiger partial charge is 0.267 e. The summed E-state index contributed by atoms with van der Waals surface area (Å²) in [7, 11) is -6.33. The van der Waals surface area contributed by atoms with E-state index in [0.717, 1.165) is 17.1 Å². The van der Waals surface area contributed by atoms with Crippen molar-refractivity contribution in [1.82, 2.24) is 4.31 Å². The first-order chi connectivity index (χ1) is 18.2. The maximum atomic E-state index is 13.5. The summed E-state index contributed by atoms with van der Waals surface area (Å²) in [5.74, 6) is -0.166. The van der Waals surface area contributed by atoms with E-state index in [2.05, 4.69) is 5.32 Å². The molecule has 2 aliphatic rings. The highest BCUT2D eigenvalue weighted by molar-refractivity contribution is 7.92. The predicted molar refractivity (Wildman–Crippen MR) is 141 cm³/mol. The predicted octanol–water partition coefficient (Wildman–Crippen LogP) is 3.07. The molecule has 12 heteroatoms. The Morgan fingerprint density at radius 1 is 0.895 bits per heavy atom. The van der Waals surface area contributed by atoms with Crippen molar-refractivity contribution >= 4 is 37.3 Å². The molecular weight excluding hydrogens is 530 g/mol. The molecule has 38 heavy (non-hydrogen) atoms. The molecule has 10 nitrogen and oxygen atoms in total. The third kappa shape index (κ3) is 4.82. The van der Waals surface area contributed by atoms with Gasteiger partial charge in [0.2, 0.25) is 10.0 Å². The van der Waals surface area contributed by atoms with Crippen LogP contribution in [0.25, 0.3) is 0 Å². The van der Waals surface area contributed by atoms with Crippen LogP contribution < -0.4 is 19.1 Å². The van der Waals surface area contributed by atoms with Gasteiger partial charge in [0.15, 0.2) is 6.10 Å². The Kier molecular flexibility index (Phi) is 7.03. The second-order valence-electron chi connectivity index (χ2n) is 8.89. The number of hydrogen-bond acceptors (Lipinski definition) is 7. The fourth-order valence-electron chi connectivity index (χ4n) is 4.52. The summed E-state index contributed by atoms with van der Waals surface area (Å²) in [6, 6.07) is 18.8. The Labute approximate surface area is 221 Å². The molecule has 0 saturated carbocycles. The van der Waals surface area contributed by atoms with Crippen molar-refractivity contribution in [3.63, 3.8) is 0 Å². The number of para-hydroxylation sites is 2. The van der Waals surface area contributed by atoms with Crippen molar-refractivity contribution in [1.29, 1.82) is 0 Å². The van der Waals surface area contributed by atoms with Gasteiger partial charge in [0, 0.05) is 13.1 Å². The number of nitrogens with one attached hydrogen (secondary N) is 1. The quantitative estimate of drug-likeness (QED) is 0.474. The van der Waals surface area contributed by atoms with Crippen molar-refractivity contribution < 1.29 is 31.1 Å². The van der Waals surface area contributed by atoms with Crippen LogP contribution in [0.1, 0.15) is 12.8 Å². The van der Waals surface area contributed by atoms with Gasteiger partial charge in [-0.25, -0.2) is 16.8 Å². The second kappa shape index (κ2) is 10.3. The number of sulfonamides is 2. The maximum Gasteiger partial charge on any atom is 0.267 e. The average Bonchev–Trinajstić information content (AvgIpc) is 3.49. The van der Waals surface area contributed by atoms with E-state index in [9.17, 15) is 21.6 Å². The van der Waals surface area contributed by atoms with Gasteiger partial charge in [-0.3, -0.25) is 9.10 Å². The van der Waals surface area contributed by atoms with Gasteiger partial charge in [-0.1, -0.05) is 30.3 Å². The van der Waals surface area contributed by atoms with Crippen LogP contribution >= 0.6 is 0 Å². The van der Waals surface area contributed by atoms with Crippen LogP contribution in [0.15, 0.2) is 82.6 Å². The number of carbonyl (C=O) groups excluding carboxylic acids is 1. The van der Waals surface area contributed by atoms with Gasteiger partial charge in [-0.2, -0.15) is 4.31 Å². The van der Waals surface area contributed by atoms with Gasteiger partial charge in [-0.05, 0) is 55.3 Å². The van der Waals surface area contributed by atoms with E-state index in [0.29, 0.717) is 18.8 Å². The van der Waals surface area contributed by atoms with Crippen LogP contribution in [0.4, 0.5) is 11.4 Å². The lowest BCUT2D eigenvalue weighted by Gasteiger charge is -2.34.